The van der Waals surface area contributed by atoms with Crippen molar-refractivity contribution in [3.8, 4) is 0 Å². The lowest BCUT2D eigenvalue weighted by atomic mass is 10.1. The van der Waals surface area contributed by atoms with E-state index in [0.29, 0.717) is 23.8 Å². The molecule has 3 rings (SSSR count). The number of carbonyl (C=O) groups is 1. The minimum Gasteiger partial charge on any atom is -0.296 e. The summed E-state index contributed by atoms with van der Waals surface area (Å²) < 4.78 is 27.9. The van der Waals surface area contributed by atoms with Crippen LogP contribution in [-0.4, -0.2) is 47.7 Å². The van der Waals surface area contributed by atoms with Crippen molar-refractivity contribution in [2.24, 2.45) is 0 Å². The van der Waals surface area contributed by atoms with Crippen LogP contribution in [0, 0.1) is 6.92 Å². The summed E-state index contributed by atoms with van der Waals surface area (Å²) in [6, 6.07) is 4.73. The maximum atomic E-state index is 12.8. The molecular formula is C16H20N4O3S3. The molecule has 7 nitrogen and oxygen atoms in total. The molecule has 1 amide bonds. The van der Waals surface area contributed by atoms with Crippen molar-refractivity contribution in [2.45, 2.75) is 35.9 Å². The molecule has 0 aliphatic carbocycles. The zero-order chi connectivity index (χ0) is 18.7. The molecule has 1 aliphatic rings. The van der Waals surface area contributed by atoms with E-state index in [1.807, 2.05) is 6.92 Å². The lowest BCUT2D eigenvalue weighted by Crippen LogP contribution is -2.28. The summed E-state index contributed by atoms with van der Waals surface area (Å²) in [6.07, 6.45) is 1.74. The molecule has 0 bridgehead atoms. The summed E-state index contributed by atoms with van der Waals surface area (Å²) in [6.45, 7) is 4.81. The number of benzene rings is 1. The van der Waals surface area contributed by atoms with Crippen LogP contribution in [0.3, 0.4) is 0 Å². The average Bonchev–Trinajstić information content (AvgIpc) is 3.28. The van der Waals surface area contributed by atoms with Gasteiger partial charge in [-0.05, 0) is 43.2 Å². The molecule has 1 saturated heterocycles. The normalized spacial score (nSPS) is 15.3. The maximum absolute atomic E-state index is 12.8. The second kappa shape index (κ2) is 8.03. The van der Waals surface area contributed by atoms with Crippen LogP contribution in [0.15, 0.2) is 27.4 Å². The summed E-state index contributed by atoms with van der Waals surface area (Å²) in [7, 11) is -3.58. The van der Waals surface area contributed by atoms with Crippen molar-refractivity contribution < 1.29 is 13.2 Å². The number of rotatable bonds is 6. The fourth-order valence-corrected chi connectivity index (χ4v) is 6.11. The summed E-state index contributed by atoms with van der Waals surface area (Å²) >= 11 is 2.85. The Morgan fingerprint density at radius 3 is 2.73 bits per heavy atom. The first-order chi connectivity index (χ1) is 12.4. The van der Waals surface area contributed by atoms with Gasteiger partial charge in [0, 0.05) is 18.7 Å². The topological polar surface area (TPSA) is 92.3 Å². The Hall–Kier alpha value is -1.49. The molecular weight excluding hydrogens is 392 g/mol. The SMILES string of the molecule is CCSc1nnc(NC(=O)c2ccc(C)c(S(=O)(=O)N3CCCC3)c2)s1. The van der Waals surface area contributed by atoms with Crippen molar-refractivity contribution in [2.75, 3.05) is 24.2 Å². The molecule has 140 valence electrons. The minimum atomic E-state index is -3.58. The molecule has 1 aliphatic heterocycles. The van der Waals surface area contributed by atoms with E-state index in [-0.39, 0.29) is 10.5 Å². The second-order valence-corrected chi connectivity index (χ2v) is 10.2. The van der Waals surface area contributed by atoms with Gasteiger partial charge in [-0.3, -0.25) is 10.1 Å². The van der Waals surface area contributed by atoms with Gasteiger partial charge in [-0.25, -0.2) is 8.42 Å². The van der Waals surface area contributed by atoms with Gasteiger partial charge in [-0.2, -0.15) is 4.31 Å². The molecule has 2 heterocycles. The molecule has 0 unspecified atom stereocenters. The molecule has 0 spiro atoms. The first-order valence-electron chi connectivity index (χ1n) is 8.30. The van der Waals surface area contributed by atoms with Crippen molar-refractivity contribution >= 4 is 44.2 Å². The third-order valence-electron chi connectivity index (χ3n) is 4.03. The number of aromatic nitrogens is 2. The fraction of sp³-hybridized carbons (Fsp3) is 0.438. The van der Waals surface area contributed by atoms with Crippen molar-refractivity contribution in [3.05, 3.63) is 29.3 Å². The Balaban J connectivity index is 1.83. The molecule has 10 heteroatoms. The van der Waals surface area contributed by atoms with E-state index in [9.17, 15) is 13.2 Å². The number of thioether (sulfide) groups is 1. The molecule has 1 N–H and O–H groups in total. The lowest BCUT2D eigenvalue weighted by molar-refractivity contribution is 0.102. The average molecular weight is 413 g/mol. The van der Waals surface area contributed by atoms with E-state index >= 15 is 0 Å². The Kier molecular flexibility index (Phi) is 5.96. The Morgan fingerprint density at radius 2 is 2.04 bits per heavy atom. The maximum Gasteiger partial charge on any atom is 0.257 e. The van der Waals surface area contributed by atoms with Crippen LogP contribution in [0.5, 0.6) is 0 Å². The van der Waals surface area contributed by atoms with E-state index in [0.717, 1.165) is 22.9 Å². The quantitative estimate of drug-likeness (QED) is 0.579. The third kappa shape index (κ3) is 4.08. The van der Waals surface area contributed by atoms with E-state index in [1.165, 1.54) is 21.7 Å². The van der Waals surface area contributed by atoms with Crippen LogP contribution < -0.4 is 5.32 Å². The Bertz CT molecular complexity index is 905. The van der Waals surface area contributed by atoms with E-state index < -0.39 is 15.9 Å². The molecule has 0 saturated carbocycles. The van der Waals surface area contributed by atoms with Gasteiger partial charge < -0.3 is 0 Å². The van der Waals surface area contributed by atoms with Gasteiger partial charge >= 0.3 is 0 Å². The standard InChI is InChI=1S/C16H20N4O3S3/c1-3-24-16-19-18-15(25-16)17-14(21)12-7-6-11(2)13(10-12)26(22,23)20-8-4-5-9-20/h6-7,10H,3-5,8-9H2,1-2H3,(H,17,18,21). The molecule has 1 aromatic carbocycles. The van der Waals surface area contributed by atoms with Gasteiger partial charge in [-0.15, -0.1) is 10.2 Å². The summed E-state index contributed by atoms with van der Waals surface area (Å²) in [5.74, 6) is 0.477. The zero-order valence-electron chi connectivity index (χ0n) is 14.6. The highest BCUT2D eigenvalue weighted by Crippen LogP contribution is 2.27. The first-order valence-corrected chi connectivity index (χ1v) is 11.5. The van der Waals surface area contributed by atoms with Crippen molar-refractivity contribution in [1.29, 1.82) is 0 Å². The lowest BCUT2D eigenvalue weighted by Gasteiger charge is -2.17. The number of nitrogens with zero attached hydrogens (tertiary/aromatic N) is 3. The summed E-state index contributed by atoms with van der Waals surface area (Å²) in [5, 5.41) is 11.0. The molecule has 0 radical (unpaired) electrons. The number of amides is 1. The van der Waals surface area contributed by atoms with E-state index in [1.54, 1.807) is 30.8 Å². The third-order valence-corrected chi connectivity index (χ3v) is 7.92. The largest absolute Gasteiger partial charge is 0.296 e. The van der Waals surface area contributed by atoms with Crippen LogP contribution in [-0.2, 0) is 10.0 Å². The van der Waals surface area contributed by atoms with Crippen molar-refractivity contribution in [1.82, 2.24) is 14.5 Å². The van der Waals surface area contributed by atoms with Crippen LogP contribution in [0.25, 0.3) is 0 Å². The number of anilines is 1. The molecule has 1 aromatic heterocycles. The smallest absolute Gasteiger partial charge is 0.257 e. The Labute approximate surface area is 161 Å². The van der Waals surface area contributed by atoms with Gasteiger partial charge in [0.05, 0.1) is 4.90 Å². The highest BCUT2D eigenvalue weighted by Gasteiger charge is 2.29. The predicted molar refractivity (Wildman–Crippen MR) is 103 cm³/mol. The number of aryl methyl sites for hydroxylation is 1. The Morgan fingerprint density at radius 1 is 1.31 bits per heavy atom. The predicted octanol–water partition coefficient (Wildman–Crippen LogP) is 3.00. The first kappa shape index (κ1) is 19.3. The highest BCUT2D eigenvalue weighted by molar-refractivity contribution is 8.01. The van der Waals surface area contributed by atoms with Gasteiger partial charge in [0.1, 0.15) is 0 Å². The molecule has 0 atom stereocenters. The van der Waals surface area contributed by atoms with Gasteiger partial charge in [0.2, 0.25) is 15.2 Å². The number of carbonyl (C=O) groups excluding carboxylic acids is 1. The van der Waals surface area contributed by atoms with Crippen molar-refractivity contribution in [3.63, 3.8) is 0 Å². The van der Waals surface area contributed by atoms with E-state index in [4.69, 9.17) is 0 Å². The summed E-state index contributed by atoms with van der Waals surface area (Å²) in [4.78, 5) is 12.7. The van der Waals surface area contributed by atoms with Crippen LogP contribution >= 0.6 is 23.1 Å². The second-order valence-electron chi connectivity index (χ2n) is 5.85. The van der Waals surface area contributed by atoms with Crippen LogP contribution in [0.2, 0.25) is 0 Å². The molecule has 2 aromatic rings. The van der Waals surface area contributed by atoms with E-state index in [2.05, 4.69) is 15.5 Å². The number of hydrogen-bond donors (Lipinski definition) is 1. The summed E-state index contributed by atoms with van der Waals surface area (Å²) in [5.41, 5.74) is 0.916. The zero-order valence-corrected chi connectivity index (χ0v) is 17.0. The number of hydrogen-bond acceptors (Lipinski definition) is 7. The highest BCUT2D eigenvalue weighted by atomic mass is 32.2. The van der Waals surface area contributed by atoms with Crippen LogP contribution in [0.1, 0.15) is 35.7 Å². The van der Waals surface area contributed by atoms with Crippen LogP contribution in [0.4, 0.5) is 5.13 Å². The van der Waals surface area contributed by atoms with Gasteiger partial charge in [0.15, 0.2) is 4.34 Å². The molecule has 1 fully saturated rings. The molecule has 26 heavy (non-hydrogen) atoms. The minimum absolute atomic E-state index is 0.187. The van der Waals surface area contributed by atoms with Gasteiger partial charge in [-0.1, -0.05) is 36.1 Å². The fourth-order valence-electron chi connectivity index (χ4n) is 2.70. The van der Waals surface area contributed by atoms with Gasteiger partial charge in [0.25, 0.3) is 5.91 Å². The number of nitrogens with one attached hydrogen (secondary N) is 1. The monoisotopic (exact) mass is 412 g/mol. The number of sulfonamides is 1.